The molecule has 0 aliphatic carbocycles. The van der Waals surface area contributed by atoms with Crippen molar-refractivity contribution < 1.29 is 23.0 Å². The van der Waals surface area contributed by atoms with Crippen molar-refractivity contribution >= 4 is 17.1 Å². The zero-order valence-corrected chi connectivity index (χ0v) is 13.0. The van der Waals surface area contributed by atoms with Crippen molar-refractivity contribution in [1.82, 2.24) is 0 Å². The molecule has 24 heavy (non-hydrogen) atoms. The van der Waals surface area contributed by atoms with Gasteiger partial charge in [0.15, 0.2) is 5.69 Å². The molecule has 0 spiro atoms. The number of nitro benzene ring substituents is 2. The van der Waals surface area contributed by atoms with E-state index in [1.807, 2.05) is 13.8 Å². The Balaban J connectivity index is 2.68. The fourth-order valence-corrected chi connectivity index (χ4v) is 3.22. The quantitative estimate of drug-likeness (QED) is 0.609. The van der Waals surface area contributed by atoms with Gasteiger partial charge in [0.1, 0.15) is 0 Å². The number of nitrogens with zero attached hydrogens (tertiary/aromatic N) is 3. The molecule has 1 aliphatic heterocycles. The van der Waals surface area contributed by atoms with Crippen molar-refractivity contribution in [2.45, 2.75) is 26.4 Å². The fourth-order valence-electron chi connectivity index (χ4n) is 3.22. The number of anilines is 1. The number of nitro groups is 2. The lowest BCUT2D eigenvalue weighted by Gasteiger charge is -2.35. The molecule has 1 fully saturated rings. The minimum Gasteiger partial charge on any atom is -0.360 e. The largest absolute Gasteiger partial charge is 0.416 e. The van der Waals surface area contributed by atoms with Gasteiger partial charge in [-0.2, -0.15) is 13.2 Å². The number of hydrogen-bond donors (Lipinski definition) is 0. The van der Waals surface area contributed by atoms with Crippen molar-refractivity contribution in [3.8, 4) is 0 Å². The minimum absolute atomic E-state index is 0.121. The van der Waals surface area contributed by atoms with Gasteiger partial charge in [-0.1, -0.05) is 13.8 Å². The highest BCUT2D eigenvalue weighted by atomic mass is 19.4. The summed E-state index contributed by atoms with van der Waals surface area (Å²) >= 11 is 0. The van der Waals surface area contributed by atoms with Crippen LogP contribution in [0.5, 0.6) is 0 Å². The molecule has 0 aromatic heterocycles. The Morgan fingerprint density at radius 3 is 1.79 bits per heavy atom. The van der Waals surface area contributed by atoms with Crippen LogP contribution >= 0.6 is 0 Å². The molecule has 0 N–H and O–H groups in total. The number of halogens is 3. The molecule has 2 rings (SSSR count). The molecule has 0 saturated carbocycles. The third-order valence-corrected chi connectivity index (χ3v) is 3.98. The molecule has 10 heteroatoms. The smallest absolute Gasteiger partial charge is 0.360 e. The van der Waals surface area contributed by atoms with Gasteiger partial charge in [-0.3, -0.25) is 20.2 Å². The van der Waals surface area contributed by atoms with Gasteiger partial charge in [0, 0.05) is 25.2 Å². The van der Waals surface area contributed by atoms with Crippen LogP contribution in [0.15, 0.2) is 12.1 Å². The van der Waals surface area contributed by atoms with Crippen molar-refractivity contribution in [3.05, 3.63) is 37.9 Å². The van der Waals surface area contributed by atoms with Crippen LogP contribution in [0.2, 0.25) is 0 Å². The van der Waals surface area contributed by atoms with E-state index in [1.54, 1.807) is 0 Å². The van der Waals surface area contributed by atoms with Crippen LogP contribution in [-0.2, 0) is 6.18 Å². The average Bonchev–Trinajstić information content (AvgIpc) is 2.43. The summed E-state index contributed by atoms with van der Waals surface area (Å²) in [6, 6.07) is 0.735. The van der Waals surface area contributed by atoms with Crippen LogP contribution < -0.4 is 4.90 Å². The van der Waals surface area contributed by atoms with Crippen molar-refractivity contribution in [1.29, 1.82) is 0 Å². The Morgan fingerprint density at radius 1 is 1.04 bits per heavy atom. The highest BCUT2D eigenvalue weighted by molar-refractivity contribution is 5.76. The topological polar surface area (TPSA) is 89.5 Å². The normalized spacial score (nSPS) is 21.6. The third kappa shape index (κ3) is 3.57. The van der Waals surface area contributed by atoms with Crippen LogP contribution in [0.4, 0.5) is 30.2 Å². The van der Waals surface area contributed by atoms with E-state index < -0.39 is 33.0 Å². The van der Waals surface area contributed by atoms with Crippen LogP contribution in [0.1, 0.15) is 25.8 Å². The molecule has 132 valence electrons. The molecule has 0 radical (unpaired) electrons. The van der Waals surface area contributed by atoms with E-state index in [0.29, 0.717) is 25.2 Å². The van der Waals surface area contributed by atoms with E-state index in [1.165, 1.54) is 4.90 Å². The second-order valence-corrected chi connectivity index (χ2v) is 6.23. The van der Waals surface area contributed by atoms with Crippen molar-refractivity contribution in [3.63, 3.8) is 0 Å². The highest BCUT2D eigenvalue weighted by Gasteiger charge is 2.40. The maximum Gasteiger partial charge on any atom is 0.416 e. The fraction of sp³-hybridized carbons (Fsp3) is 0.571. The van der Waals surface area contributed by atoms with Crippen molar-refractivity contribution in [2.24, 2.45) is 11.8 Å². The molecular weight excluding hydrogens is 331 g/mol. The molecule has 1 aliphatic rings. The second kappa shape index (κ2) is 6.25. The molecular formula is C14H16F3N3O4. The lowest BCUT2D eigenvalue weighted by Crippen LogP contribution is -2.39. The first-order valence-electron chi connectivity index (χ1n) is 7.29. The summed E-state index contributed by atoms with van der Waals surface area (Å²) in [5, 5.41) is 22.5. The lowest BCUT2D eigenvalue weighted by atomic mass is 9.91. The van der Waals surface area contributed by atoms with Gasteiger partial charge in [-0.15, -0.1) is 0 Å². The molecule has 2 atom stereocenters. The maximum atomic E-state index is 12.9. The number of rotatable bonds is 3. The Labute approximate surface area is 135 Å². The standard InChI is InChI=1S/C14H16F3N3O4/c1-8-3-9(2)7-18(6-8)13-11(19(21)22)4-10(14(15,16)17)5-12(13)20(23)24/h4-5,8-9H,3,6-7H2,1-2H3/t8-,9-/m0/s1. The van der Waals surface area contributed by atoms with Gasteiger partial charge in [0.25, 0.3) is 11.4 Å². The van der Waals surface area contributed by atoms with Crippen molar-refractivity contribution in [2.75, 3.05) is 18.0 Å². The summed E-state index contributed by atoms with van der Waals surface area (Å²) in [5.74, 6) is 0.241. The third-order valence-electron chi connectivity index (χ3n) is 3.98. The zero-order chi connectivity index (χ0) is 18.2. The van der Waals surface area contributed by atoms with Crippen LogP contribution in [0, 0.1) is 32.1 Å². The number of benzene rings is 1. The SMILES string of the molecule is C[C@H]1C[C@H](C)CN(c2c([N+](=O)[O-])cc(C(F)(F)F)cc2[N+](=O)[O-])C1. The van der Waals surface area contributed by atoms with E-state index in [9.17, 15) is 33.4 Å². The average molecular weight is 347 g/mol. The minimum atomic E-state index is -4.91. The molecule has 1 aromatic rings. The first-order chi connectivity index (χ1) is 11.0. The van der Waals surface area contributed by atoms with Crippen LogP contribution in [0.3, 0.4) is 0 Å². The van der Waals surface area contributed by atoms with E-state index in [-0.39, 0.29) is 17.5 Å². The van der Waals surface area contributed by atoms with Gasteiger partial charge in [0.05, 0.1) is 15.4 Å². The number of alkyl halides is 3. The summed E-state index contributed by atoms with van der Waals surface area (Å²) in [5.41, 5.74) is -3.53. The van der Waals surface area contributed by atoms with Gasteiger partial charge in [0.2, 0.25) is 0 Å². The van der Waals surface area contributed by atoms with Crippen LogP contribution in [-0.4, -0.2) is 22.9 Å². The van der Waals surface area contributed by atoms with Crippen LogP contribution in [0.25, 0.3) is 0 Å². The number of piperidine rings is 1. The molecule has 1 aromatic carbocycles. The highest BCUT2D eigenvalue weighted by Crippen LogP contribution is 2.44. The monoisotopic (exact) mass is 347 g/mol. The zero-order valence-electron chi connectivity index (χ0n) is 13.0. The molecule has 1 saturated heterocycles. The Morgan fingerprint density at radius 2 is 1.46 bits per heavy atom. The van der Waals surface area contributed by atoms with Gasteiger partial charge < -0.3 is 4.90 Å². The maximum absolute atomic E-state index is 12.9. The molecule has 0 amide bonds. The first kappa shape index (κ1) is 18.0. The van der Waals surface area contributed by atoms with Gasteiger partial charge in [-0.25, -0.2) is 0 Å². The summed E-state index contributed by atoms with van der Waals surface area (Å²) in [7, 11) is 0. The lowest BCUT2D eigenvalue weighted by molar-refractivity contribution is -0.393. The number of hydrogen-bond acceptors (Lipinski definition) is 5. The Bertz CT molecular complexity index is 633. The van der Waals surface area contributed by atoms with E-state index >= 15 is 0 Å². The van der Waals surface area contributed by atoms with Gasteiger partial charge >= 0.3 is 6.18 Å². The Hall–Kier alpha value is -2.39. The summed E-state index contributed by atoms with van der Waals surface area (Å²) in [6.45, 7) is 4.42. The van der Waals surface area contributed by atoms with E-state index in [0.717, 1.165) is 6.42 Å². The second-order valence-electron chi connectivity index (χ2n) is 6.23. The van der Waals surface area contributed by atoms with E-state index in [4.69, 9.17) is 0 Å². The summed E-state index contributed by atoms with van der Waals surface area (Å²) < 4.78 is 38.7. The predicted molar refractivity (Wildman–Crippen MR) is 79.9 cm³/mol. The predicted octanol–water partition coefficient (Wildman–Crippen LogP) is 4.00. The Kier molecular flexibility index (Phi) is 4.68. The molecule has 0 unspecified atom stereocenters. The summed E-state index contributed by atoms with van der Waals surface area (Å²) in [4.78, 5) is 22.0. The van der Waals surface area contributed by atoms with E-state index in [2.05, 4.69) is 0 Å². The molecule has 7 nitrogen and oxygen atoms in total. The molecule has 1 heterocycles. The summed E-state index contributed by atoms with van der Waals surface area (Å²) in [6.07, 6.45) is -4.06. The first-order valence-corrected chi connectivity index (χ1v) is 7.29. The van der Waals surface area contributed by atoms with Gasteiger partial charge in [-0.05, 0) is 18.3 Å². The molecule has 0 bridgehead atoms.